The minimum atomic E-state index is -1.61. The standard InChI is InChI=1S/C32H29Cl3F2N6O3/c1-6-20(44)42-10-9-41(13-16(42)5)29-17-11-19(33)27(21-24(36)25(37)22(34)23(35)30(21)45)40-31(17)43(32(46)18(29)12-38)28-15(4)7-8-39-26(28)14(2)3/h6-8,11,14,16,32,45-46H,1,9-10,13H2,2-5H3/t16-,32?/m1/s1. The second-order valence-electron chi connectivity index (χ2n) is 11.3. The highest BCUT2D eigenvalue weighted by molar-refractivity contribution is 6.43. The summed E-state index contributed by atoms with van der Waals surface area (Å²) in [5, 5.41) is 31.6. The van der Waals surface area contributed by atoms with Crippen LogP contribution >= 0.6 is 34.8 Å². The van der Waals surface area contributed by atoms with Gasteiger partial charge in [-0.05, 0) is 43.5 Å². The Hall–Kier alpha value is -3.95. The highest BCUT2D eigenvalue weighted by atomic mass is 35.5. The number of nitriles is 1. The van der Waals surface area contributed by atoms with Crippen molar-refractivity contribution in [1.29, 1.82) is 5.26 Å². The van der Waals surface area contributed by atoms with Crippen molar-refractivity contribution >= 4 is 57.9 Å². The summed E-state index contributed by atoms with van der Waals surface area (Å²) < 4.78 is 30.3. The fraction of sp³-hybridized carbons (Fsp3) is 0.312. The van der Waals surface area contributed by atoms with E-state index >= 15 is 4.39 Å². The lowest BCUT2D eigenvalue weighted by Crippen LogP contribution is -2.54. The van der Waals surface area contributed by atoms with E-state index in [2.05, 4.69) is 22.6 Å². The predicted octanol–water partition coefficient (Wildman–Crippen LogP) is 6.94. The van der Waals surface area contributed by atoms with Crippen molar-refractivity contribution in [1.82, 2.24) is 19.8 Å². The van der Waals surface area contributed by atoms with Crippen LogP contribution in [0.3, 0.4) is 0 Å². The number of rotatable bonds is 5. The molecule has 1 amide bonds. The van der Waals surface area contributed by atoms with E-state index in [4.69, 9.17) is 34.8 Å². The van der Waals surface area contributed by atoms with Crippen LogP contribution in [0.25, 0.3) is 17.0 Å². The van der Waals surface area contributed by atoms with Gasteiger partial charge in [0.2, 0.25) is 5.91 Å². The fourth-order valence-corrected chi connectivity index (χ4v) is 6.55. The van der Waals surface area contributed by atoms with E-state index in [9.17, 15) is 24.7 Å². The van der Waals surface area contributed by atoms with Crippen LogP contribution in [0.15, 0.2) is 36.6 Å². The maximum Gasteiger partial charge on any atom is 0.246 e. The van der Waals surface area contributed by atoms with Crippen molar-refractivity contribution in [2.45, 2.75) is 45.9 Å². The third kappa shape index (κ3) is 5.33. The van der Waals surface area contributed by atoms with Crippen LogP contribution in [0.4, 0.5) is 20.3 Å². The highest BCUT2D eigenvalue weighted by Crippen LogP contribution is 2.50. The molecule has 1 aromatic carbocycles. The zero-order valence-electron chi connectivity index (χ0n) is 25.2. The van der Waals surface area contributed by atoms with Gasteiger partial charge >= 0.3 is 0 Å². The summed E-state index contributed by atoms with van der Waals surface area (Å²) in [6.07, 6.45) is 1.25. The second-order valence-corrected chi connectivity index (χ2v) is 12.5. The molecule has 2 aliphatic heterocycles. The third-order valence-corrected chi connectivity index (χ3v) is 9.25. The Bertz CT molecular complexity index is 1830. The predicted molar refractivity (Wildman–Crippen MR) is 173 cm³/mol. The van der Waals surface area contributed by atoms with Gasteiger partial charge in [-0.3, -0.25) is 14.7 Å². The number of carbonyl (C=O) groups is 1. The van der Waals surface area contributed by atoms with Gasteiger partial charge in [0.1, 0.15) is 33.3 Å². The lowest BCUT2D eigenvalue weighted by Gasteiger charge is -2.45. The number of phenolic OH excluding ortho intramolecular Hbond substituents is 1. The number of aromatic nitrogens is 2. The first kappa shape index (κ1) is 33.4. The number of carbonyl (C=O) groups excluding carboxylic acids is 1. The largest absolute Gasteiger partial charge is 0.506 e. The molecule has 0 aliphatic carbocycles. The molecule has 240 valence electrons. The van der Waals surface area contributed by atoms with Gasteiger partial charge in [0.05, 0.1) is 33.4 Å². The van der Waals surface area contributed by atoms with Crippen molar-refractivity contribution in [3.8, 4) is 23.1 Å². The van der Waals surface area contributed by atoms with Crippen molar-refractivity contribution in [2.24, 2.45) is 0 Å². The molecule has 46 heavy (non-hydrogen) atoms. The minimum absolute atomic E-state index is 0.0265. The van der Waals surface area contributed by atoms with Gasteiger partial charge in [-0.2, -0.15) is 5.26 Å². The summed E-state index contributed by atoms with van der Waals surface area (Å²) in [4.78, 5) is 26.5. The summed E-state index contributed by atoms with van der Waals surface area (Å²) in [6.45, 7) is 11.9. The number of phenols is 1. The maximum atomic E-state index is 15.4. The second kappa shape index (κ2) is 12.7. The lowest BCUT2D eigenvalue weighted by molar-refractivity contribution is -0.129. The average Bonchev–Trinajstić information content (AvgIpc) is 3.02. The number of anilines is 2. The number of fused-ring (bicyclic) bond motifs is 1. The maximum absolute atomic E-state index is 15.4. The number of halogens is 5. The van der Waals surface area contributed by atoms with Crippen LogP contribution in [0.1, 0.15) is 43.5 Å². The Kier molecular flexibility index (Phi) is 9.21. The van der Waals surface area contributed by atoms with Gasteiger partial charge in [0.25, 0.3) is 0 Å². The Labute approximate surface area is 279 Å². The fourth-order valence-electron chi connectivity index (χ4n) is 5.95. The van der Waals surface area contributed by atoms with E-state index in [-0.39, 0.29) is 53.1 Å². The summed E-state index contributed by atoms with van der Waals surface area (Å²) in [5.74, 6) is -4.28. The van der Waals surface area contributed by atoms with Gasteiger partial charge in [0.15, 0.2) is 17.9 Å². The monoisotopic (exact) mass is 688 g/mol. The van der Waals surface area contributed by atoms with E-state index in [0.717, 1.165) is 0 Å². The van der Waals surface area contributed by atoms with Crippen molar-refractivity contribution in [3.63, 3.8) is 0 Å². The first-order chi connectivity index (χ1) is 21.7. The Morgan fingerprint density at radius 1 is 1.22 bits per heavy atom. The van der Waals surface area contributed by atoms with E-state index < -0.39 is 39.2 Å². The van der Waals surface area contributed by atoms with Crippen LogP contribution in [0.5, 0.6) is 5.75 Å². The van der Waals surface area contributed by atoms with Crippen molar-refractivity contribution < 1.29 is 23.8 Å². The third-order valence-electron chi connectivity index (χ3n) is 8.14. The number of aliphatic hydroxyl groups is 1. The number of aryl methyl sites for hydroxylation is 1. The van der Waals surface area contributed by atoms with Gasteiger partial charge in [-0.25, -0.2) is 13.8 Å². The van der Waals surface area contributed by atoms with Gasteiger partial charge < -0.3 is 20.0 Å². The summed E-state index contributed by atoms with van der Waals surface area (Å²) >= 11 is 18.6. The quantitative estimate of drug-likeness (QED) is 0.168. The average molecular weight is 690 g/mol. The number of amides is 1. The number of piperazine rings is 1. The number of hydrogen-bond acceptors (Lipinski definition) is 8. The molecule has 5 rings (SSSR count). The van der Waals surface area contributed by atoms with Crippen molar-refractivity contribution in [3.05, 3.63) is 80.1 Å². The molecule has 2 N–H and O–H groups in total. The van der Waals surface area contributed by atoms with Crippen molar-refractivity contribution in [2.75, 3.05) is 24.5 Å². The molecule has 0 saturated carbocycles. The summed E-state index contributed by atoms with van der Waals surface area (Å²) in [7, 11) is 0. The molecule has 2 aromatic heterocycles. The van der Waals surface area contributed by atoms with Gasteiger partial charge in [-0.15, -0.1) is 0 Å². The topological polar surface area (TPSA) is 117 Å². The molecule has 1 saturated heterocycles. The Morgan fingerprint density at radius 3 is 2.52 bits per heavy atom. The van der Waals surface area contributed by atoms with E-state index in [1.807, 2.05) is 25.7 Å². The van der Waals surface area contributed by atoms with Crippen LogP contribution in [-0.2, 0) is 4.79 Å². The highest BCUT2D eigenvalue weighted by Gasteiger charge is 2.41. The summed E-state index contributed by atoms with van der Waals surface area (Å²) in [5.41, 5.74) is 1.16. The molecule has 2 atom stereocenters. The zero-order chi connectivity index (χ0) is 33.8. The molecule has 3 aromatic rings. The number of hydrogen-bond donors (Lipinski definition) is 2. The lowest BCUT2D eigenvalue weighted by atomic mass is 9.94. The van der Waals surface area contributed by atoms with Crippen LogP contribution in [0.2, 0.25) is 15.1 Å². The number of aromatic hydroxyl groups is 1. The number of nitrogens with zero attached hydrogens (tertiary/aromatic N) is 6. The van der Waals surface area contributed by atoms with Crippen LogP contribution < -0.4 is 4.90 Å². The van der Waals surface area contributed by atoms with Crippen LogP contribution in [-0.4, -0.2) is 67.8 Å². The number of aliphatic hydroxyl groups excluding tert-OH is 1. The normalized spacial score (nSPS) is 18.2. The molecule has 0 bridgehead atoms. The molecule has 1 fully saturated rings. The van der Waals surface area contributed by atoms with Gasteiger partial charge in [-0.1, -0.05) is 55.2 Å². The molecule has 1 unspecified atom stereocenters. The first-order valence-corrected chi connectivity index (χ1v) is 15.4. The molecule has 4 heterocycles. The van der Waals surface area contributed by atoms with E-state index in [0.29, 0.717) is 34.8 Å². The Balaban J connectivity index is 1.83. The van der Waals surface area contributed by atoms with Gasteiger partial charge in [0, 0.05) is 37.4 Å². The number of pyridine rings is 2. The molecule has 0 radical (unpaired) electrons. The molecular weight excluding hydrogens is 661 g/mol. The zero-order valence-corrected chi connectivity index (χ0v) is 27.5. The Morgan fingerprint density at radius 2 is 1.91 bits per heavy atom. The first-order valence-electron chi connectivity index (χ1n) is 14.3. The molecule has 2 aliphatic rings. The molecule has 9 nitrogen and oxygen atoms in total. The smallest absolute Gasteiger partial charge is 0.246 e. The van der Waals surface area contributed by atoms with E-state index in [1.54, 1.807) is 24.1 Å². The summed E-state index contributed by atoms with van der Waals surface area (Å²) in [6, 6.07) is 4.99. The molecule has 0 spiro atoms. The molecule has 14 heteroatoms. The minimum Gasteiger partial charge on any atom is -0.506 e. The SMILES string of the molecule is C=CC(=O)N1CCN(C2=C(C#N)C(O)N(c3c(C)ccnc3C(C)C)c3nc(-c4c(O)c(Cl)c(Cl)c(F)c4F)c(Cl)cc32)C[C@H]1C. The van der Waals surface area contributed by atoms with E-state index in [1.165, 1.54) is 17.0 Å². The number of benzene rings is 1. The molecular formula is C32H29Cl3F2N6O3. The van der Waals surface area contributed by atoms with Crippen LogP contribution in [0, 0.1) is 29.9 Å².